The summed E-state index contributed by atoms with van der Waals surface area (Å²) in [5.41, 5.74) is 0. The average Bonchev–Trinajstić information content (AvgIpc) is 3.06. The van der Waals surface area contributed by atoms with Gasteiger partial charge in [0.25, 0.3) is 0 Å². The maximum Gasteiger partial charge on any atom is 0.306 e. The molecule has 46 heavy (non-hydrogen) atoms. The maximum absolute atomic E-state index is 12.1. The predicted molar refractivity (Wildman–Crippen MR) is 200 cm³/mol. The Bertz CT molecular complexity index is 846. The summed E-state index contributed by atoms with van der Waals surface area (Å²) in [6.45, 7) is 5.13. The monoisotopic (exact) mass is 639 g/mol. The summed E-state index contributed by atoms with van der Waals surface area (Å²) in [5.74, 6) is -0.249. The lowest BCUT2D eigenvalue weighted by Gasteiger charge is -2.15. The largest absolute Gasteiger partial charge is 0.457 e. The van der Waals surface area contributed by atoms with Crippen LogP contribution < -0.4 is 0 Å². The standard InChI is InChI=1S/C42H70O4/c1-3-5-7-9-11-13-15-17-18-19-20-21-22-23-24-25-27-29-31-33-35-37-42(44)46-41(39-43)40-45-38-36-34-32-30-28-26-16-14-12-10-8-6-4-2/h5,7,11-14,17-18,20-21,23-24,27,29,41,43H,3-4,6,8-10,15-16,19,22,25-26,28,30-40H2,1-2H3/b7-5-,13-11-,14-12-,18-17-,21-20-,24-23-,29-27-. The van der Waals surface area contributed by atoms with Gasteiger partial charge >= 0.3 is 5.97 Å². The van der Waals surface area contributed by atoms with Gasteiger partial charge in [-0.15, -0.1) is 0 Å². The van der Waals surface area contributed by atoms with Crippen molar-refractivity contribution in [1.82, 2.24) is 0 Å². The first kappa shape index (κ1) is 43.6. The molecule has 0 aliphatic heterocycles. The second-order valence-corrected chi connectivity index (χ2v) is 11.9. The number of aliphatic hydroxyl groups is 1. The zero-order valence-corrected chi connectivity index (χ0v) is 29.8. The molecule has 0 saturated heterocycles. The van der Waals surface area contributed by atoms with E-state index < -0.39 is 6.10 Å². The fourth-order valence-corrected chi connectivity index (χ4v) is 4.68. The third-order valence-electron chi connectivity index (χ3n) is 7.45. The average molecular weight is 639 g/mol. The van der Waals surface area contributed by atoms with E-state index in [1.54, 1.807) is 0 Å². The lowest BCUT2D eigenvalue weighted by Crippen LogP contribution is -2.27. The molecule has 0 aliphatic carbocycles. The molecule has 0 aromatic heterocycles. The van der Waals surface area contributed by atoms with Gasteiger partial charge in [0, 0.05) is 13.0 Å². The number of aliphatic hydroxyl groups excluding tert-OH is 1. The van der Waals surface area contributed by atoms with Crippen molar-refractivity contribution in [2.24, 2.45) is 0 Å². The third-order valence-corrected chi connectivity index (χ3v) is 7.45. The first-order valence-corrected chi connectivity index (χ1v) is 18.7. The van der Waals surface area contributed by atoms with E-state index >= 15 is 0 Å². The summed E-state index contributed by atoms with van der Waals surface area (Å²) in [7, 11) is 0. The van der Waals surface area contributed by atoms with Crippen LogP contribution in [0.4, 0.5) is 0 Å². The minimum atomic E-state index is -0.564. The van der Waals surface area contributed by atoms with E-state index in [2.05, 4.69) is 98.9 Å². The van der Waals surface area contributed by atoms with Crippen LogP contribution in [0, 0.1) is 0 Å². The summed E-state index contributed by atoms with van der Waals surface area (Å²) in [5, 5.41) is 9.55. The van der Waals surface area contributed by atoms with Crippen molar-refractivity contribution in [3.8, 4) is 0 Å². The molecule has 0 aliphatic rings. The lowest BCUT2D eigenvalue weighted by molar-refractivity contribution is -0.154. The predicted octanol–water partition coefficient (Wildman–Crippen LogP) is 12.0. The van der Waals surface area contributed by atoms with Crippen LogP contribution in [-0.4, -0.2) is 37.0 Å². The molecule has 0 spiro atoms. The number of rotatable bonds is 33. The molecule has 262 valence electrons. The van der Waals surface area contributed by atoms with Crippen molar-refractivity contribution in [2.75, 3.05) is 19.8 Å². The van der Waals surface area contributed by atoms with Crippen molar-refractivity contribution in [1.29, 1.82) is 0 Å². The second-order valence-electron chi connectivity index (χ2n) is 11.9. The van der Waals surface area contributed by atoms with E-state index in [-0.39, 0.29) is 19.2 Å². The molecule has 0 bridgehead atoms. The molecule has 1 unspecified atom stereocenters. The molecule has 1 atom stereocenters. The molecule has 0 amide bonds. The summed E-state index contributed by atoms with van der Waals surface area (Å²) < 4.78 is 11.1. The van der Waals surface area contributed by atoms with Crippen LogP contribution in [-0.2, 0) is 14.3 Å². The van der Waals surface area contributed by atoms with Crippen LogP contribution in [0.3, 0.4) is 0 Å². The molecule has 4 nitrogen and oxygen atoms in total. The van der Waals surface area contributed by atoms with Gasteiger partial charge in [0.2, 0.25) is 0 Å². The number of ether oxygens (including phenoxy) is 2. The minimum Gasteiger partial charge on any atom is -0.457 e. The number of esters is 1. The van der Waals surface area contributed by atoms with Crippen molar-refractivity contribution >= 4 is 5.97 Å². The molecule has 0 saturated carbocycles. The number of hydrogen-bond donors (Lipinski definition) is 1. The highest BCUT2D eigenvalue weighted by atomic mass is 16.6. The Balaban J connectivity index is 3.62. The highest BCUT2D eigenvalue weighted by Gasteiger charge is 2.13. The number of allylic oxidation sites excluding steroid dienone is 14. The quantitative estimate of drug-likeness (QED) is 0.0441. The zero-order valence-electron chi connectivity index (χ0n) is 29.8. The van der Waals surface area contributed by atoms with Gasteiger partial charge < -0.3 is 14.6 Å². The molecule has 0 aromatic carbocycles. The molecule has 4 heteroatoms. The Hall–Kier alpha value is -2.43. The number of carbonyl (C=O) groups is 1. The second kappa shape index (κ2) is 38.8. The maximum atomic E-state index is 12.1. The number of hydrogen-bond acceptors (Lipinski definition) is 4. The van der Waals surface area contributed by atoms with Crippen LogP contribution in [0.2, 0.25) is 0 Å². The molecule has 0 heterocycles. The van der Waals surface area contributed by atoms with Crippen molar-refractivity contribution in [2.45, 2.75) is 155 Å². The Labute approximate surface area is 284 Å². The van der Waals surface area contributed by atoms with Gasteiger partial charge in [0.05, 0.1) is 13.2 Å². The summed E-state index contributed by atoms with van der Waals surface area (Å²) in [4.78, 5) is 12.1. The van der Waals surface area contributed by atoms with Gasteiger partial charge in [-0.25, -0.2) is 0 Å². The van der Waals surface area contributed by atoms with Gasteiger partial charge in [0.1, 0.15) is 6.10 Å². The lowest BCUT2D eigenvalue weighted by atomic mass is 10.1. The molecule has 0 aromatic rings. The van der Waals surface area contributed by atoms with Gasteiger partial charge in [-0.05, 0) is 89.9 Å². The summed E-state index contributed by atoms with van der Waals surface area (Å²) in [6.07, 6.45) is 53.4. The van der Waals surface area contributed by atoms with Crippen LogP contribution in [0.1, 0.15) is 149 Å². The van der Waals surface area contributed by atoms with E-state index in [9.17, 15) is 9.90 Å². The van der Waals surface area contributed by atoms with Crippen molar-refractivity contribution in [3.05, 3.63) is 85.1 Å². The van der Waals surface area contributed by atoms with Gasteiger partial charge in [-0.1, -0.05) is 137 Å². The minimum absolute atomic E-state index is 0.197. The first-order chi connectivity index (χ1) is 22.7. The highest BCUT2D eigenvalue weighted by molar-refractivity contribution is 5.69. The van der Waals surface area contributed by atoms with E-state index in [1.165, 1.54) is 57.8 Å². The first-order valence-electron chi connectivity index (χ1n) is 18.7. The van der Waals surface area contributed by atoms with E-state index in [0.29, 0.717) is 13.0 Å². The highest BCUT2D eigenvalue weighted by Crippen LogP contribution is 2.10. The summed E-state index contributed by atoms with van der Waals surface area (Å²) in [6, 6.07) is 0. The fraction of sp³-hybridized carbons (Fsp3) is 0.643. The molecular weight excluding hydrogens is 568 g/mol. The van der Waals surface area contributed by atoms with Crippen LogP contribution >= 0.6 is 0 Å². The Morgan fingerprint density at radius 3 is 1.50 bits per heavy atom. The fourth-order valence-electron chi connectivity index (χ4n) is 4.68. The van der Waals surface area contributed by atoms with Gasteiger partial charge in [-0.2, -0.15) is 0 Å². The topological polar surface area (TPSA) is 55.8 Å². The van der Waals surface area contributed by atoms with E-state index in [1.807, 2.05) is 0 Å². The third kappa shape index (κ3) is 36.0. The summed E-state index contributed by atoms with van der Waals surface area (Å²) >= 11 is 0. The SMILES string of the molecule is CC/C=C\C/C=C\C/C=C\C/C=C\C/C=C\C/C=C\CCCCC(=O)OC(CO)COCCCCCCCC/C=C\CCCCC. The van der Waals surface area contributed by atoms with E-state index in [0.717, 1.165) is 70.6 Å². The van der Waals surface area contributed by atoms with E-state index in [4.69, 9.17) is 9.47 Å². The van der Waals surface area contributed by atoms with Gasteiger partial charge in [-0.3, -0.25) is 4.79 Å². The van der Waals surface area contributed by atoms with Crippen molar-refractivity contribution < 1.29 is 19.4 Å². The van der Waals surface area contributed by atoms with Crippen LogP contribution in [0.15, 0.2) is 85.1 Å². The van der Waals surface area contributed by atoms with Crippen molar-refractivity contribution in [3.63, 3.8) is 0 Å². The molecule has 0 radical (unpaired) electrons. The zero-order chi connectivity index (χ0) is 33.4. The molecular formula is C42H70O4. The molecule has 0 rings (SSSR count). The number of unbranched alkanes of at least 4 members (excludes halogenated alkanes) is 11. The van der Waals surface area contributed by atoms with Crippen LogP contribution in [0.5, 0.6) is 0 Å². The Kier molecular flexibility index (Phi) is 36.7. The smallest absolute Gasteiger partial charge is 0.306 e. The molecule has 1 N–H and O–H groups in total. The molecule has 0 fully saturated rings. The number of carbonyl (C=O) groups excluding carboxylic acids is 1. The van der Waals surface area contributed by atoms with Gasteiger partial charge in [0.15, 0.2) is 0 Å². The Morgan fingerprint density at radius 2 is 0.978 bits per heavy atom. The normalized spacial score (nSPS) is 13.4. The van der Waals surface area contributed by atoms with Crippen LogP contribution in [0.25, 0.3) is 0 Å². The Morgan fingerprint density at radius 1 is 0.543 bits per heavy atom.